The van der Waals surface area contributed by atoms with Gasteiger partial charge in [-0.25, -0.2) is 4.98 Å². The number of aromatic nitrogens is 1. The maximum atomic E-state index is 11.3. The number of nitrogens with one attached hydrogen (secondary N) is 1. The fourth-order valence-electron chi connectivity index (χ4n) is 0.966. The van der Waals surface area contributed by atoms with Crippen LogP contribution in [0.3, 0.4) is 0 Å². The third-order valence-electron chi connectivity index (χ3n) is 1.78. The highest BCUT2D eigenvalue weighted by molar-refractivity contribution is 9.10. The zero-order valence-corrected chi connectivity index (χ0v) is 11.0. The lowest BCUT2D eigenvalue weighted by Gasteiger charge is -2.08. The number of ether oxygens (including phenoxy) is 1. The molecule has 0 unspecified atom stereocenters. The lowest BCUT2D eigenvalue weighted by atomic mass is 10.2. The second-order valence-electron chi connectivity index (χ2n) is 3.80. The predicted octanol–water partition coefficient (Wildman–Crippen LogP) is 2.00. The Bertz CT molecular complexity index is 338. The molecule has 0 aliphatic carbocycles. The van der Waals surface area contributed by atoms with E-state index in [0.29, 0.717) is 18.2 Å². The number of nitrogens with zero attached hydrogens (tertiary/aromatic N) is 1. The molecule has 16 heavy (non-hydrogen) atoms. The molecule has 1 rings (SSSR count). The number of hydrogen-bond donors (Lipinski definition) is 1. The molecule has 0 saturated heterocycles. The third-order valence-corrected chi connectivity index (χ3v) is 2.25. The van der Waals surface area contributed by atoms with Crippen LogP contribution in [-0.4, -0.2) is 24.0 Å². The predicted molar refractivity (Wildman–Crippen MR) is 65.3 cm³/mol. The van der Waals surface area contributed by atoms with E-state index >= 15 is 0 Å². The second kappa shape index (κ2) is 6.48. The summed E-state index contributed by atoms with van der Waals surface area (Å²) in [4.78, 5) is 15.3. The Morgan fingerprint density at radius 3 is 2.88 bits per heavy atom. The Kier molecular flexibility index (Phi) is 5.25. The summed E-state index contributed by atoms with van der Waals surface area (Å²) >= 11 is 3.22. The van der Waals surface area contributed by atoms with Gasteiger partial charge in [-0.15, -0.1) is 0 Å². The Hall–Kier alpha value is -1.10. The van der Waals surface area contributed by atoms with E-state index in [1.54, 1.807) is 18.3 Å². The Morgan fingerprint density at radius 2 is 2.31 bits per heavy atom. The molecule has 1 aromatic heterocycles. The van der Waals surface area contributed by atoms with Gasteiger partial charge in [0.2, 0.25) is 0 Å². The molecule has 1 amide bonds. The SMILES string of the molecule is CC(C)CNC(=O)COc1ccc(Br)nc1. The first-order chi connectivity index (χ1) is 7.58. The molecule has 1 heterocycles. The van der Waals surface area contributed by atoms with Gasteiger partial charge in [0.15, 0.2) is 6.61 Å². The summed E-state index contributed by atoms with van der Waals surface area (Å²) in [6.07, 6.45) is 1.57. The molecule has 0 saturated carbocycles. The molecular formula is C11H15BrN2O2. The van der Waals surface area contributed by atoms with Crippen LogP contribution in [0, 0.1) is 5.92 Å². The smallest absolute Gasteiger partial charge is 0.257 e. The normalized spacial score (nSPS) is 10.2. The van der Waals surface area contributed by atoms with Crippen molar-refractivity contribution in [3.05, 3.63) is 22.9 Å². The molecule has 0 aromatic carbocycles. The van der Waals surface area contributed by atoms with Crippen molar-refractivity contribution >= 4 is 21.8 Å². The minimum atomic E-state index is -0.114. The van der Waals surface area contributed by atoms with Gasteiger partial charge in [0.1, 0.15) is 10.4 Å². The summed E-state index contributed by atoms with van der Waals surface area (Å²) < 4.78 is 6.00. The van der Waals surface area contributed by atoms with Crippen molar-refractivity contribution in [3.8, 4) is 5.75 Å². The highest BCUT2D eigenvalue weighted by Gasteiger charge is 2.03. The molecule has 1 N–H and O–H groups in total. The number of hydrogen-bond acceptors (Lipinski definition) is 3. The zero-order chi connectivity index (χ0) is 12.0. The number of carbonyl (C=O) groups is 1. The molecule has 4 nitrogen and oxygen atoms in total. The molecular weight excluding hydrogens is 272 g/mol. The first-order valence-electron chi connectivity index (χ1n) is 5.09. The van der Waals surface area contributed by atoms with Gasteiger partial charge in [-0.05, 0) is 34.0 Å². The average molecular weight is 287 g/mol. The molecule has 0 atom stereocenters. The van der Waals surface area contributed by atoms with Crippen molar-refractivity contribution in [1.29, 1.82) is 0 Å². The monoisotopic (exact) mass is 286 g/mol. The fraction of sp³-hybridized carbons (Fsp3) is 0.455. The Labute approximate surface area is 104 Å². The van der Waals surface area contributed by atoms with Crippen LogP contribution in [0.1, 0.15) is 13.8 Å². The number of carbonyl (C=O) groups excluding carboxylic acids is 1. The highest BCUT2D eigenvalue weighted by Crippen LogP contribution is 2.12. The average Bonchev–Trinajstić information content (AvgIpc) is 2.25. The molecule has 0 spiro atoms. The van der Waals surface area contributed by atoms with E-state index in [0.717, 1.165) is 4.60 Å². The van der Waals surface area contributed by atoms with Crippen molar-refractivity contribution in [1.82, 2.24) is 10.3 Å². The molecule has 0 bridgehead atoms. The minimum absolute atomic E-state index is 0.0238. The number of rotatable bonds is 5. The van der Waals surface area contributed by atoms with Crippen molar-refractivity contribution < 1.29 is 9.53 Å². The lowest BCUT2D eigenvalue weighted by molar-refractivity contribution is -0.123. The highest BCUT2D eigenvalue weighted by atomic mass is 79.9. The quantitative estimate of drug-likeness (QED) is 0.843. The molecule has 88 valence electrons. The van der Waals surface area contributed by atoms with Crippen molar-refractivity contribution in [2.24, 2.45) is 5.92 Å². The van der Waals surface area contributed by atoms with Gasteiger partial charge in [0.05, 0.1) is 6.20 Å². The first kappa shape index (κ1) is 13.0. The lowest BCUT2D eigenvalue weighted by Crippen LogP contribution is -2.31. The van der Waals surface area contributed by atoms with Crippen LogP contribution in [0.4, 0.5) is 0 Å². The molecule has 0 fully saturated rings. The standard InChI is InChI=1S/C11H15BrN2O2/c1-8(2)5-14-11(15)7-16-9-3-4-10(12)13-6-9/h3-4,6,8H,5,7H2,1-2H3,(H,14,15). The van der Waals surface area contributed by atoms with E-state index in [2.05, 4.69) is 26.2 Å². The van der Waals surface area contributed by atoms with Gasteiger partial charge >= 0.3 is 0 Å². The van der Waals surface area contributed by atoms with Crippen LogP contribution in [0.15, 0.2) is 22.9 Å². The first-order valence-corrected chi connectivity index (χ1v) is 5.88. The van der Waals surface area contributed by atoms with Crippen molar-refractivity contribution in [2.75, 3.05) is 13.2 Å². The fourth-order valence-corrected chi connectivity index (χ4v) is 1.20. The molecule has 0 aliphatic rings. The van der Waals surface area contributed by atoms with Gasteiger partial charge in [0, 0.05) is 6.54 Å². The van der Waals surface area contributed by atoms with Crippen molar-refractivity contribution in [2.45, 2.75) is 13.8 Å². The minimum Gasteiger partial charge on any atom is -0.482 e. The van der Waals surface area contributed by atoms with Gasteiger partial charge in [-0.3, -0.25) is 4.79 Å². The maximum Gasteiger partial charge on any atom is 0.257 e. The zero-order valence-electron chi connectivity index (χ0n) is 9.37. The van der Waals surface area contributed by atoms with Crippen LogP contribution in [0.5, 0.6) is 5.75 Å². The second-order valence-corrected chi connectivity index (χ2v) is 4.62. The van der Waals surface area contributed by atoms with Crippen LogP contribution < -0.4 is 10.1 Å². The Morgan fingerprint density at radius 1 is 1.56 bits per heavy atom. The van der Waals surface area contributed by atoms with E-state index in [4.69, 9.17) is 4.74 Å². The number of pyridine rings is 1. The summed E-state index contributed by atoms with van der Waals surface area (Å²) in [7, 11) is 0. The summed E-state index contributed by atoms with van der Waals surface area (Å²) in [5.41, 5.74) is 0. The van der Waals surface area contributed by atoms with Gasteiger partial charge in [0.25, 0.3) is 5.91 Å². The maximum absolute atomic E-state index is 11.3. The molecule has 0 radical (unpaired) electrons. The molecule has 5 heteroatoms. The molecule has 0 aliphatic heterocycles. The topological polar surface area (TPSA) is 51.2 Å². The largest absolute Gasteiger partial charge is 0.482 e. The van der Waals surface area contributed by atoms with Crippen molar-refractivity contribution in [3.63, 3.8) is 0 Å². The van der Waals surface area contributed by atoms with Crippen LogP contribution >= 0.6 is 15.9 Å². The third kappa shape index (κ3) is 5.11. The number of amides is 1. The van der Waals surface area contributed by atoms with E-state index in [9.17, 15) is 4.79 Å². The van der Waals surface area contributed by atoms with E-state index in [1.807, 2.05) is 13.8 Å². The molecule has 1 aromatic rings. The Balaban J connectivity index is 2.29. The van der Waals surface area contributed by atoms with E-state index < -0.39 is 0 Å². The summed E-state index contributed by atoms with van der Waals surface area (Å²) in [6.45, 7) is 4.77. The van der Waals surface area contributed by atoms with Crippen LogP contribution in [0.2, 0.25) is 0 Å². The van der Waals surface area contributed by atoms with Gasteiger partial charge in [-0.1, -0.05) is 13.8 Å². The van der Waals surface area contributed by atoms with E-state index in [1.165, 1.54) is 0 Å². The number of halogens is 1. The van der Waals surface area contributed by atoms with Gasteiger partial charge in [-0.2, -0.15) is 0 Å². The van der Waals surface area contributed by atoms with E-state index in [-0.39, 0.29) is 12.5 Å². The van der Waals surface area contributed by atoms with Crippen LogP contribution in [0.25, 0.3) is 0 Å². The van der Waals surface area contributed by atoms with Crippen LogP contribution in [-0.2, 0) is 4.79 Å². The summed E-state index contributed by atoms with van der Waals surface area (Å²) in [6, 6.07) is 3.52. The summed E-state index contributed by atoms with van der Waals surface area (Å²) in [5, 5.41) is 2.77. The summed E-state index contributed by atoms with van der Waals surface area (Å²) in [5.74, 6) is 0.915. The van der Waals surface area contributed by atoms with Gasteiger partial charge < -0.3 is 10.1 Å².